The summed E-state index contributed by atoms with van der Waals surface area (Å²) >= 11 is 0. The van der Waals surface area contributed by atoms with Crippen LogP contribution in [0.15, 0.2) is 60.9 Å². The van der Waals surface area contributed by atoms with Gasteiger partial charge < -0.3 is 10.1 Å². The Kier molecular flexibility index (Phi) is 6.19. The Morgan fingerprint density at radius 2 is 1.66 bits per heavy atom. The van der Waals surface area contributed by atoms with Crippen molar-refractivity contribution in [2.24, 2.45) is 0 Å². The van der Waals surface area contributed by atoms with Crippen LogP contribution in [-0.2, 0) is 4.74 Å². The zero-order valence-corrected chi connectivity index (χ0v) is 18.6. The molecule has 1 N–H and O–H groups in total. The fourth-order valence-corrected chi connectivity index (χ4v) is 5.34. The molecular weight excluding hydrogens is 398 g/mol. The Bertz CT molecular complexity index is 1070. The largest absolute Gasteiger partial charge is 0.379 e. The molecule has 166 valence electrons. The summed E-state index contributed by atoms with van der Waals surface area (Å²) in [5, 5.41) is 5.61. The van der Waals surface area contributed by atoms with Crippen LogP contribution in [0.5, 0.6) is 0 Å². The number of nitrogens with zero attached hydrogens (tertiary/aromatic N) is 2. The molecule has 5 heteroatoms. The maximum Gasteiger partial charge on any atom is 0.252 e. The van der Waals surface area contributed by atoms with Gasteiger partial charge in [-0.25, -0.2) is 0 Å². The molecule has 1 aliphatic heterocycles. The van der Waals surface area contributed by atoms with Gasteiger partial charge in [0.2, 0.25) is 0 Å². The number of aromatic nitrogens is 1. The topological polar surface area (TPSA) is 54.5 Å². The van der Waals surface area contributed by atoms with E-state index in [-0.39, 0.29) is 11.4 Å². The lowest BCUT2D eigenvalue weighted by atomic mass is 9.80. The van der Waals surface area contributed by atoms with E-state index < -0.39 is 0 Å². The highest BCUT2D eigenvalue weighted by Crippen LogP contribution is 2.32. The number of benzene rings is 2. The van der Waals surface area contributed by atoms with Crippen molar-refractivity contribution in [3.63, 3.8) is 0 Å². The highest BCUT2D eigenvalue weighted by molar-refractivity contribution is 6.10. The SMILES string of the molecule is O=C(NC1(CN2CCOCC2)CCCCC1)c1cccc2c(-c3ccncc3)cccc12. The van der Waals surface area contributed by atoms with Crippen LogP contribution in [0.25, 0.3) is 21.9 Å². The lowest BCUT2D eigenvalue weighted by Crippen LogP contribution is -2.58. The van der Waals surface area contributed by atoms with Gasteiger partial charge in [0.05, 0.1) is 18.8 Å². The van der Waals surface area contributed by atoms with Crippen LogP contribution < -0.4 is 5.32 Å². The summed E-state index contributed by atoms with van der Waals surface area (Å²) in [5.41, 5.74) is 2.84. The molecule has 2 aromatic carbocycles. The van der Waals surface area contributed by atoms with Crippen molar-refractivity contribution in [1.82, 2.24) is 15.2 Å². The van der Waals surface area contributed by atoms with E-state index in [9.17, 15) is 4.79 Å². The first-order valence-corrected chi connectivity index (χ1v) is 11.8. The van der Waals surface area contributed by atoms with Gasteiger partial charge in [-0.15, -0.1) is 0 Å². The molecule has 1 amide bonds. The lowest BCUT2D eigenvalue weighted by molar-refractivity contribution is 0.0181. The Hall–Kier alpha value is -2.76. The normalized spacial score (nSPS) is 19.0. The van der Waals surface area contributed by atoms with Gasteiger partial charge in [0.1, 0.15) is 0 Å². The summed E-state index contributed by atoms with van der Waals surface area (Å²) in [4.78, 5) is 20.3. The fraction of sp³-hybridized carbons (Fsp3) is 0.407. The Labute approximate surface area is 189 Å². The summed E-state index contributed by atoms with van der Waals surface area (Å²) < 4.78 is 5.54. The van der Waals surface area contributed by atoms with Crippen molar-refractivity contribution in [2.75, 3.05) is 32.8 Å². The van der Waals surface area contributed by atoms with Crippen molar-refractivity contribution in [1.29, 1.82) is 0 Å². The summed E-state index contributed by atoms with van der Waals surface area (Å²) in [6.45, 7) is 4.37. The van der Waals surface area contributed by atoms with E-state index in [1.807, 2.05) is 42.7 Å². The molecule has 5 nitrogen and oxygen atoms in total. The van der Waals surface area contributed by atoms with E-state index in [0.29, 0.717) is 0 Å². The second-order valence-corrected chi connectivity index (χ2v) is 9.13. The Balaban J connectivity index is 1.46. The number of hydrogen-bond acceptors (Lipinski definition) is 4. The molecule has 0 unspecified atom stereocenters. The number of morpholine rings is 1. The molecule has 2 aliphatic rings. The van der Waals surface area contributed by atoms with E-state index in [1.165, 1.54) is 19.3 Å². The number of ether oxygens (including phenoxy) is 1. The zero-order valence-electron chi connectivity index (χ0n) is 18.6. The van der Waals surface area contributed by atoms with Crippen molar-refractivity contribution in [3.05, 3.63) is 66.5 Å². The van der Waals surface area contributed by atoms with E-state index in [4.69, 9.17) is 4.74 Å². The number of fused-ring (bicyclic) bond motifs is 1. The van der Waals surface area contributed by atoms with E-state index >= 15 is 0 Å². The number of carbonyl (C=O) groups excluding carboxylic acids is 1. The second kappa shape index (κ2) is 9.39. The van der Waals surface area contributed by atoms with Gasteiger partial charge in [-0.1, -0.05) is 49.6 Å². The van der Waals surface area contributed by atoms with Gasteiger partial charge >= 0.3 is 0 Å². The molecule has 3 aromatic rings. The summed E-state index contributed by atoms with van der Waals surface area (Å²) in [6.07, 6.45) is 9.31. The van der Waals surface area contributed by atoms with Crippen LogP contribution in [0.3, 0.4) is 0 Å². The maximum absolute atomic E-state index is 13.7. The Morgan fingerprint density at radius 3 is 2.44 bits per heavy atom. The van der Waals surface area contributed by atoms with Gasteiger partial charge in [-0.05, 0) is 52.9 Å². The lowest BCUT2D eigenvalue weighted by Gasteiger charge is -2.42. The number of pyridine rings is 1. The minimum Gasteiger partial charge on any atom is -0.379 e. The number of hydrogen-bond donors (Lipinski definition) is 1. The van der Waals surface area contributed by atoms with Crippen LogP contribution in [-0.4, -0.2) is 54.2 Å². The third-order valence-electron chi connectivity index (χ3n) is 6.98. The summed E-state index contributed by atoms with van der Waals surface area (Å²) in [7, 11) is 0. The van der Waals surface area contributed by atoms with Crippen molar-refractivity contribution in [2.45, 2.75) is 37.6 Å². The van der Waals surface area contributed by atoms with Crippen LogP contribution in [0.4, 0.5) is 0 Å². The van der Waals surface area contributed by atoms with Crippen LogP contribution in [0, 0.1) is 0 Å². The second-order valence-electron chi connectivity index (χ2n) is 9.13. The smallest absolute Gasteiger partial charge is 0.252 e. The molecular formula is C27H31N3O2. The molecule has 1 saturated carbocycles. The third kappa shape index (κ3) is 4.41. The predicted molar refractivity (Wildman–Crippen MR) is 128 cm³/mol. The van der Waals surface area contributed by atoms with E-state index in [0.717, 1.165) is 73.2 Å². The van der Waals surface area contributed by atoms with E-state index in [2.05, 4.69) is 33.4 Å². The molecule has 2 fully saturated rings. The molecule has 2 heterocycles. The highest BCUT2D eigenvalue weighted by Gasteiger charge is 2.36. The highest BCUT2D eigenvalue weighted by atomic mass is 16.5. The molecule has 0 radical (unpaired) electrons. The maximum atomic E-state index is 13.7. The zero-order chi connectivity index (χ0) is 21.8. The first-order valence-electron chi connectivity index (χ1n) is 11.8. The molecule has 0 spiro atoms. The molecule has 0 atom stereocenters. The van der Waals surface area contributed by atoms with Gasteiger partial charge in [0.25, 0.3) is 5.91 Å². The van der Waals surface area contributed by atoms with Crippen molar-refractivity contribution < 1.29 is 9.53 Å². The number of nitrogens with one attached hydrogen (secondary N) is 1. The minimum atomic E-state index is -0.155. The average molecular weight is 430 g/mol. The van der Waals surface area contributed by atoms with Gasteiger partial charge in [-0.3, -0.25) is 14.7 Å². The quantitative estimate of drug-likeness (QED) is 0.641. The number of carbonyl (C=O) groups is 1. The minimum absolute atomic E-state index is 0.0395. The molecule has 0 bridgehead atoms. The summed E-state index contributed by atoms with van der Waals surface area (Å²) in [5.74, 6) is 0.0395. The molecule has 1 saturated heterocycles. The predicted octanol–water partition coefficient (Wildman–Crippen LogP) is 4.67. The van der Waals surface area contributed by atoms with Gasteiger partial charge in [0, 0.05) is 37.6 Å². The fourth-order valence-electron chi connectivity index (χ4n) is 5.34. The number of amides is 1. The van der Waals surface area contributed by atoms with Crippen LogP contribution >= 0.6 is 0 Å². The van der Waals surface area contributed by atoms with Crippen LogP contribution in [0.1, 0.15) is 42.5 Å². The van der Waals surface area contributed by atoms with Crippen LogP contribution in [0.2, 0.25) is 0 Å². The third-order valence-corrected chi connectivity index (χ3v) is 6.98. The molecule has 32 heavy (non-hydrogen) atoms. The van der Waals surface area contributed by atoms with E-state index in [1.54, 1.807) is 0 Å². The summed E-state index contributed by atoms with van der Waals surface area (Å²) in [6, 6.07) is 16.3. The van der Waals surface area contributed by atoms with Gasteiger partial charge in [0.15, 0.2) is 0 Å². The molecule has 1 aliphatic carbocycles. The first kappa shape index (κ1) is 21.1. The van der Waals surface area contributed by atoms with Gasteiger partial charge in [-0.2, -0.15) is 0 Å². The Morgan fingerprint density at radius 1 is 0.938 bits per heavy atom. The average Bonchev–Trinajstić information content (AvgIpc) is 2.85. The van der Waals surface area contributed by atoms with Crippen molar-refractivity contribution in [3.8, 4) is 11.1 Å². The molecule has 1 aromatic heterocycles. The molecule has 5 rings (SSSR count). The number of rotatable bonds is 5. The standard InChI is InChI=1S/C27H31N3O2/c31-26(29-27(12-2-1-3-13-27)20-30-16-18-32-19-17-30)25-9-5-7-23-22(6-4-8-24(23)25)21-10-14-28-15-11-21/h4-11,14-15H,1-3,12-13,16-20H2,(H,29,31). The monoisotopic (exact) mass is 429 g/mol. The first-order chi connectivity index (χ1) is 15.7. The van der Waals surface area contributed by atoms with Crippen molar-refractivity contribution >= 4 is 16.7 Å².